The second-order valence-electron chi connectivity index (χ2n) is 6.07. The van der Waals surface area contributed by atoms with Gasteiger partial charge in [-0.15, -0.1) is 5.10 Å². The number of likely N-dealkylation sites (tertiary alicyclic amines) is 1. The maximum absolute atomic E-state index is 12.4. The van der Waals surface area contributed by atoms with Crippen molar-refractivity contribution in [1.29, 1.82) is 0 Å². The molecule has 1 aromatic carbocycles. The predicted molar refractivity (Wildman–Crippen MR) is 91.8 cm³/mol. The fraction of sp³-hybridized carbons (Fsp3) is 0.438. The zero-order chi connectivity index (χ0) is 18.0. The van der Waals surface area contributed by atoms with E-state index in [2.05, 4.69) is 10.2 Å². The Kier molecular flexibility index (Phi) is 5.10. The van der Waals surface area contributed by atoms with Gasteiger partial charge in [-0.3, -0.25) is 4.79 Å². The molecule has 3 rings (SSSR count). The van der Waals surface area contributed by atoms with Gasteiger partial charge in [0.1, 0.15) is 5.75 Å². The Hall–Kier alpha value is -1.93. The van der Waals surface area contributed by atoms with Gasteiger partial charge in [-0.1, -0.05) is 16.7 Å². The first-order valence-electron chi connectivity index (χ1n) is 7.98. The van der Waals surface area contributed by atoms with Crippen LogP contribution in [0.5, 0.6) is 0 Å². The summed E-state index contributed by atoms with van der Waals surface area (Å²) in [5, 5.41) is 7.34. The van der Waals surface area contributed by atoms with Crippen LogP contribution in [-0.4, -0.2) is 47.8 Å². The third-order valence-corrected chi connectivity index (χ3v) is 5.78. The second-order valence-corrected chi connectivity index (χ2v) is 8.37. The van der Waals surface area contributed by atoms with Crippen molar-refractivity contribution in [3.05, 3.63) is 29.3 Å². The number of benzene rings is 1. The van der Waals surface area contributed by atoms with Crippen molar-refractivity contribution >= 4 is 27.3 Å². The molecule has 25 heavy (non-hydrogen) atoms. The molecule has 1 aliphatic rings. The molecule has 0 aliphatic carbocycles. The molecule has 1 fully saturated rings. The van der Waals surface area contributed by atoms with Crippen LogP contribution in [0.15, 0.2) is 33.9 Å². The van der Waals surface area contributed by atoms with Gasteiger partial charge in [0, 0.05) is 23.2 Å². The molecule has 0 spiro atoms. The van der Waals surface area contributed by atoms with Crippen LogP contribution in [0.25, 0.3) is 11.5 Å². The van der Waals surface area contributed by atoms with Crippen molar-refractivity contribution in [3.8, 4) is 11.5 Å². The predicted octanol–water partition coefficient (Wildman–Crippen LogP) is 2.56. The number of carbonyl (C=O) groups excluding carboxylic acids is 1. The molecule has 7 nitrogen and oxygen atoms in total. The van der Waals surface area contributed by atoms with Crippen LogP contribution in [0.2, 0.25) is 5.02 Å². The highest BCUT2D eigenvalue weighted by Crippen LogP contribution is 2.23. The van der Waals surface area contributed by atoms with E-state index in [0.717, 1.165) is 19.3 Å². The molecule has 9 heteroatoms. The molecule has 1 unspecified atom stereocenters. The monoisotopic (exact) mass is 383 g/mol. The number of amides is 1. The summed E-state index contributed by atoms with van der Waals surface area (Å²) in [5.74, 6) is -1.04. The Labute approximate surface area is 150 Å². The van der Waals surface area contributed by atoms with E-state index >= 15 is 0 Å². The van der Waals surface area contributed by atoms with Crippen LogP contribution in [0.4, 0.5) is 0 Å². The number of carbonyl (C=O) groups is 1. The van der Waals surface area contributed by atoms with Gasteiger partial charge in [-0.2, -0.15) is 0 Å². The Morgan fingerprint density at radius 3 is 2.68 bits per heavy atom. The first-order valence-corrected chi connectivity index (χ1v) is 10.0. The minimum Gasteiger partial charge on any atom is -0.408 e. The summed E-state index contributed by atoms with van der Waals surface area (Å²) in [5.41, 5.74) is 0.550. The number of aromatic nitrogens is 2. The molecule has 2 aromatic rings. The lowest BCUT2D eigenvalue weighted by molar-refractivity contribution is -0.131. The van der Waals surface area contributed by atoms with Crippen molar-refractivity contribution in [3.63, 3.8) is 0 Å². The van der Waals surface area contributed by atoms with Gasteiger partial charge in [0.25, 0.3) is 0 Å². The van der Waals surface area contributed by atoms with Gasteiger partial charge in [0.15, 0.2) is 0 Å². The highest BCUT2D eigenvalue weighted by atomic mass is 35.5. The zero-order valence-corrected chi connectivity index (χ0v) is 15.3. The summed E-state index contributed by atoms with van der Waals surface area (Å²) in [6.45, 7) is 2.50. The van der Waals surface area contributed by atoms with Crippen molar-refractivity contribution in [2.75, 3.05) is 12.3 Å². The number of nitrogens with zero attached hydrogens (tertiary/aromatic N) is 3. The maximum atomic E-state index is 12.4. The molecular weight excluding hydrogens is 366 g/mol. The smallest absolute Gasteiger partial charge is 0.336 e. The summed E-state index contributed by atoms with van der Waals surface area (Å²) in [6.07, 6.45) is 2.82. The van der Waals surface area contributed by atoms with E-state index in [1.54, 1.807) is 29.2 Å². The summed E-state index contributed by atoms with van der Waals surface area (Å²) >= 11 is 5.82. The number of hydrogen-bond donors (Lipinski definition) is 0. The van der Waals surface area contributed by atoms with Crippen molar-refractivity contribution < 1.29 is 17.6 Å². The quantitative estimate of drug-likeness (QED) is 0.805. The van der Waals surface area contributed by atoms with Gasteiger partial charge in [0.2, 0.25) is 21.6 Å². The van der Waals surface area contributed by atoms with E-state index in [1.807, 2.05) is 6.92 Å². The van der Waals surface area contributed by atoms with Gasteiger partial charge < -0.3 is 9.32 Å². The molecule has 1 amide bonds. The second kappa shape index (κ2) is 7.13. The molecule has 1 aliphatic heterocycles. The lowest BCUT2D eigenvalue weighted by atomic mass is 10.0. The minimum absolute atomic E-state index is 0.0452. The summed E-state index contributed by atoms with van der Waals surface area (Å²) in [4.78, 5) is 14.0. The summed E-state index contributed by atoms with van der Waals surface area (Å²) < 4.78 is 30.1. The van der Waals surface area contributed by atoms with E-state index in [-0.39, 0.29) is 11.9 Å². The van der Waals surface area contributed by atoms with E-state index in [9.17, 15) is 13.2 Å². The summed E-state index contributed by atoms with van der Waals surface area (Å²) in [6, 6.07) is 6.61. The van der Waals surface area contributed by atoms with Crippen LogP contribution < -0.4 is 0 Å². The molecule has 0 bridgehead atoms. The van der Waals surface area contributed by atoms with Gasteiger partial charge in [0.05, 0.1) is 0 Å². The third-order valence-electron chi connectivity index (χ3n) is 4.20. The first kappa shape index (κ1) is 17.9. The molecule has 2 heterocycles. The lowest BCUT2D eigenvalue weighted by Crippen LogP contribution is -2.44. The Balaban J connectivity index is 1.76. The van der Waals surface area contributed by atoms with Gasteiger partial charge >= 0.3 is 5.22 Å². The lowest BCUT2D eigenvalue weighted by Gasteiger charge is -2.33. The first-order chi connectivity index (χ1) is 11.9. The van der Waals surface area contributed by atoms with Gasteiger partial charge in [-0.05, 0) is 50.5 Å². The maximum Gasteiger partial charge on any atom is 0.336 e. The Bertz CT molecular complexity index is 864. The molecule has 1 atom stereocenters. The number of hydrogen-bond acceptors (Lipinski definition) is 6. The average Bonchev–Trinajstić information content (AvgIpc) is 3.06. The average molecular weight is 384 g/mol. The van der Waals surface area contributed by atoms with Crippen molar-refractivity contribution in [1.82, 2.24) is 15.1 Å². The fourth-order valence-corrected chi connectivity index (χ4v) is 3.93. The highest BCUT2D eigenvalue weighted by Gasteiger charge is 2.31. The standard InChI is InChI=1S/C16H18ClN3O4S/c1-11-4-2-3-9-20(11)14(21)10-25(22,23)16-19-18-15(24-16)12-5-7-13(17)8-6-12/h5-8,11H,2-4,9-10H2,1H3. The van der Waals surface area contributed by atoms with Crippen LogP contribution in [-0.2, 0) is 14.6 Å². The number of sulfone groups is 1. The van der Waals surface area contributed by atoms with E-state index < -0.39 is 26.7 Å². The number of halogens is 1. The largest absolute Gasteiger partial charge is 0.408 e. The SMILES string of the molecule is CC1CCCCN1C(=O)CS(=O)(=O)c1nnc(-c2ccc(Cl)cc2)o1. The molecular formula is C16H18ClN3O4S. The van der Waals surface area contributed by atoms with Crippen molar-refractivity contribution in [2.24, 2.45) is 0 Å². The van der Waals surface area contributed by atoms with Gasteiger partial charge in [-0.25, -0.2) is 8.42 Å². The minimum atomic E-state index is -3.99. The molecule has 1 aromatic heterocycles. The topological polar surface area (TPSA) is 93.4 Å². The normalized spacial score (nSPS) is 18.3. The van der Waals surface area contributed by atoms with E-state index in [4.69, 9.17) is 16.0 Å². The summed E-state index contributed by atoms with van der Waals surface area (Å²) in [7, 11) is -3.99. The van der Waals surface area contributed by atoms with Crippen LogP contribution in [0.1, 0.15) is 26.2 Å². The Morgan fingerprint density at radius 1 is 1.28 bits per heavy atom. The molecule has 0 saturated carbocycles. The molecule has 0 N–H and O–H groups in total. The number of rotatable bonds is 4. The van der Waals surface area contributed by atoms with Crippen LogP contribution in [0.3, 0.4) is 0 Å². The third kappa shape index (κ3) is 4.01. The molecule has 0 radical (unpaired) electrons. The molecule has 134 valence electrons. The van der Waals surface area contributed by atoms with Crippen LogP contribution in [0, 0.1) is 0 Å². The zero-order valence-electron chi connectivity index (χ0n) is 13.7. The molecule has 1 saturated heterocycles. The van der Waals surface area contributed by atoms with E-state index in [0.29, 0.717) is 17.1 Å². The number of piperidine rings is 1. The Morgan fingerprint density at radius 2 is 2.00 bits per heavy atom. The highest BCUT2D eigenvalue weighted by molar-refractivity contribution is 7.91. The fourth-order valence-electron chi connectivity index (χ4n) is 2.82. The van der Waals surface area contributed by atoms with Crippen LogP contribution >= 0.6 is 11.6 Å². The van der Waals surface area contributed by atoms with E-state index in [1.165, 1.54) is 0 Å². The van der Waals surface area contributed by atoms with Crippen molar-refractivity contribution in [2.45, 2.75) is 37.5 Å².